The van der Waals surface area contributed by atoms with E-state index in [-0.39, 0.29) is 18.0 Å². The van der Waals surface area contributed by atoms with Gasteiger partial charge in [0, 0.05) is 18.7 Å². The fourth-order valence-electron chi connectivity index (χ4n) is 2.42. The maximum absolute atomic E-state index is 13.5. The molecule has 18 heavy (non-hydrogen) atoms. The van der Waals surface area contributed by atoms with Crippen molar-refractivity contribution < 1.29 is 8.78 Å². The maximum atomic E-state index is 13.5. The van der Waals surface area contributed by atoms with Gasteiger partial charge in [-0.1, -0.05) is 6.07 Å². The third kappa shape index (κ3) is 3.64. The Balaban J connectivity index is 0.00000162. The van der Waals surface area contributed by atoms with Gasteiger partial charge >= 0.3 is 0 Å². The molecule has 0 radical (unpaired) electrons. The summed E-state index contributed by atoms with van der Waals surface area (Å²) in [5, 5.41) is 3.14. The Bertz CT molecular complexity index is 367. The molecule has 2 nitrogen and oxygen atoms in total. The van der Waals surface area contributed by atoms with Crippen molar-refractivity contribution >= 4 is 12.4 Å². The highest BCUT2D eigenvalue weighted by Gasteiger charge is 2.23. The molecule has 0 amide bonds. The van der Waals surface area contributed by atoms with Crippen LogP contribution in [0, 0.1) is 17.6 Å². The van der Waals surface area contributed by atoms with Crippen LogP contribution in [0.5, 0.6) is 0 Å². The molecule has 0 aromatic heterocycles. The first-order chi connectivity index (χ1) is 8.20. The molecule has 1 atom stereocenters. The molecule has 5 heteroatoms. The molecule has 1 heterocycles. The lowest BCUT2D eigenvalue weighted by Crippen LogP contribution is -2.25. The molecule has 1 saturated heterocycles. The van der Waals surface area contributed by atoms with E-state index in [9.17, 15) is 8.78 Å². The first-order valence-corrected chi connectivity index (χ1v) is 6.00. The van der Waals surface area contributed by atoms with Gasteiger partial charge in [0.1, 0.15) is 11.6 Å². The molecule has 2 rings (SSSR count). The van der Waals surface area contributed by atoms with Crippen molar-refractivity contribution in [1.29, 1.82) is 0 Å². The lowest BCUT2D eigenvalue weighted by atomic mass is 10.1. The quantitative estimate of drug-likeness (QED) is 0.909. The van der Waals surface area contributed by atoms with Crippen molar-refractivity contribution in [3.63, 3.8) is 0 Å². The molecule has 0 aliphatic carbocycles. The second-order valence-corrected chi connectivity index (χ2v) is 4.65. The average molecular weight is 277 g/mol. The minimum Gasteiger partial charge on any atom is -0.319 e. The van der Waals surface area contributed by atoms with E-state index in [4.69, 9.17) is 0 Å². The maximum Gasteiger partial charge on any atom is 0.130 e. The van der Waals surface area contributed by atoms with E-state index in [1.807, 2.05) is 7.05 Å². The van der Waals surface area contributed by atoms with Crippen molar-refractivity contribution in [3.8, 4) is 0 Å². The Labute approximate surface area is 113 Å². The summed E-state index contributed by atoms with van der Waals surface area (Å²) in [6, 6.07) is 4.04. The summed E-state index contributed by atoms with van der Waals surface area (Å²) in [4.78, 5) is 2.11. The second kappa shape index (κ2) is 7.02. The Morgan fingerprint density at radius 1 is 1.33 bits per heavy atom. The highest BCUT2D eigenvalue weighted by molar-refractivity contribution is 5.85. The molecular weight excluding hydrogens is 258 g/mol. The minimum atomic E-state index is -0.443. The Morgan fingerprint density at radius 3 is 2.61 bits per heavy atom. The van der Waals surface area contributed by atoms with Crippen LogP contribution in [0.25, 0.3) is 0 Å². The monoisotopic (exact) mass is 276 g/mol. The van der Waals surface area contributed by atoms with Crippen molar-refractivity contribution in [1.82, 2.24) is 10.2 Å². The predicted octanol–water partition coefficient (Wildman–Crippen LogP) is 2.43. The standard InChI is InChI=1S/C13H18F2N2.ClH/c1-16-7-10-5-6-17(8-10)9-11-12(14)3-2-4-13(11)15;/h2-4,10,16H,5-9H2,1H3;1H. The molecule has 1 aliphatic rings. The van der Waals surface area contributed by atoms with Gasteiger partial charge < -0.3 is 5.32 Å². The van der Waals surface area contributed by atoms with Crippen LogP contribution in [0.1, 0.15) is 12.0 Å². The number of benzene rings is 1. The van der Waals surface area contributed by atoms with E-state index in [0.29, 0.717) is 12.5 Å². The molecule has 1 aromatic rings. The molecule has 1 N–H and O–H groups in total. The van der Waals surface area contributed by atoms with Crippen LogP contribution in [-0.2, 0) is 6.54 Å². The van der Waals surface area contributed by atoms with Gasteiger partial charge in [0.15, 0.2) is 0 Å². The van der Waals surface area contributed by atoms with Gasteiger partial charge in [-0.2, -0.15) is 0 Å². The average Bonchev–Trinajstić information content (AvgIpc) is 2.72. The Kier molecular flexibility index (Phi) is 5.99. The predicted molar refractivity (Wildman–Crippen MR) is 70.9 cm³/mol. The fraction of sp³-hybridized carbons (Fsp3) is 0.538. The Morgan fingerprint density at radius 2 is 2.00 bits per heavy atom. The van der Waals surface area contributed by atoms with Crippen LogP contribution in [0.4, 0.5) is 8.78 Å². The smallest absolute Gasteiger partial charge is 0.130 e. The number of hydrogen-bond acceptors (Lipinski definition) is 2. The first kappa shape index (κ1) is 15.3. The van der Waals surface area contributed by atoms with E-state index in [1.165, 1.54) is 18.2 Å². The molecule has 0 spiro atoms. The van der Waals surface area contributed by atoms with Gasteiger partial charge in [0.25, 0.3) is 0 Å². The molecule has 1 fully saturated rings. The number of likely N-dealkylation sites (tertiary alicyclic amines) is 1. The number of nitrogens with one attached hydrogen (secondary N) is 1. The van der Waals surface area contributed by atoms with E-state index in [1.54, 1.807) is 0 Å². The van der Waals surface area contributed by atoms with E-state index >= 15 is 0 Å². The highest BCUT2D eigenvalue weighted by Crippen LogP contribution is 2.20. The van der Waals surface area contributed by atoms with Gasteiger partial charge in [0.2, 0.25) is 0 Å². The molecule has 1 unspecified atom stereocenters. The molecular formula is C13H19ClF2N2. The van der Waals surface area contributed by atoms with Crippen molar-refractivity contribution in [3.05, 3.63) is 35.4 Å². The van der Waals surface area contributed by atoms with Crippen LogP contribution in [0.2, 0.25) is 0 Å². The SMILES string of the molecule is CNCC1CCN(Cc2c(F)cccc2F)C1.Cl. The van der Waals surface area contributed by atoms with Gasteiger partial charge in [-0.15, -0.1) is 12.4 Å². The van der Waals surface area contributed by atoms with E-state index in [0.717, 1.165) is 26.1 Å². The minimum absolute atomic E-state index is 0. The summed E-state index contributed by atoms with van der Waals surface area (Å²) < 4.78 is 26.9. The van der Waals surface area contributed by atoms with Gasteiger partial charge in [0.05, 0.1) is 0 Å². The Hall–Kier alpha value is -0.710. The van der Waals surface area contributed by atoms with Crippen LogP contribution in [-0.4, -0.2) is 31.6 Å². The fourth-order valence-corrected chi connectivity index (χ4v) is 2.42. The number of nitrogens with zero attached hydrogens (tertiary/aromatic N) is 1. The normalized spacial score (nSPS) is 19.8. The molecule has 102 valence electrons. The molecule has 0 bridgehead atoms. The summed E-state index contributed by atoms with van der Waals surface area (Å²) in [5.41, 5.74) is 0.192. The number of hydrogen-bond donors (Lipinski definition) is 1. The van der Waals surface area contributed by atoms with Crippen LogP contribution >= 0.6 is 12.4 Å². The zero-order valence-electron chi connectivity index (χ0n) is 10.5. The number of rotatable bonds is 4. The van der Waals surface area contributed by atoms with Gasteiger partial charge in [-0.25, -0.2) is 8.78 Å². The van der Waals surface area contributed by atoms with Gasteiger partial charge in [-0.3, -0.25) is 4.90 Å². The summed E-state index contributed by atoms with van der Waals surface area (Å²) in [6.45, 7) is 3.17. The second-order valence-electron chi connectivity index (χ2n) is 4.65. The van der Waals surface area contributed by atoms with Gasteiger partial charge in [-0.05, 0) is 44.6 Å². The summed E-state index contributed by atoms with van der Waals surface area (Å²) >= 11 is 0. The zero-order valence-corrected chi connectivity index (χ0v) is 11.3. The third-order valence-electron chi connectivity index (χ3n) is 3.31. The summed E-state index contributed by atoms with van der Waals surface area (Å²) in [6.07, 6.45) is 1.09. The van der Waals surface area contributed by atoms with E-state index in [2.05, 4.69) is 10.2 Å². The molecule has 1 aliphatic heterocycles. The van der Waals surface area contributed by atoms with Crippen molar-refractivity contribution in [2.24, 2.45) is 5.92 Å². The van der Waals surface area contributed by atoms with E-state index < -0.39 is 11.6 Å². The highest BCUT2D eigenvalue weighted by atomic mass is 35.5. The van der Waals surface area contributed by atoms with Crippen LogP contribution < -0.4 is 5.32 Å². The lowest BCUT2D eigenvalue weighted by Gasteiger charge is -2.16. The number of halogens is 3. The van der Waals surface area contributed by atoms with Crippen molar-refractivity contribution in [2.45, 2.75) is 13.0 Å². The summed E-state index contributed by atoms with van der Waals surface area (Å²) in [7, 11) is 1.93. The summed E-state index contributed by atoms with van der Waals surface area (Å²) in [5.74, 6) is -0.293. The largest absolute Gasteiger partial charge is 0.319 e. The molecule has 1 aromatic carbocycles. The lowest BCUT2D eigenvalue weighted by molar-refractivity contribution is 0.304. The van der Waals surface area contributed by atoms with Crippen molar-refractivity contribution in [2.75, 3.05) is 26.7 Å². The third-order valence-corrected chi connectivity index (χ3v) is 3.31. The topological polar surface area (TPSA) is 15.3 Å². The van der Waals surface area contributed by atoms with Crippen LogP contribution in [0.3, 0.4) is 0 Å². The first-order valence-electron chi connectivity index (χ1n) is 6.00. The molecule has 0 saturated carbocycles. The van der Waals surface area contributed by atoms with Crippen LogP contribution in [0.15, 0.2) is 18.2 Å². The zero-order chi connectivity index (χ0) is 12.3.